The maximum atomic E-state index is 12.9. The first kappa shape index (κ1) is 30.1. The molecule has 0 aliphatic carbocycles. The lowest BCUT2D eigenvalue weighted by atomic mass is 10.1. The molecule has 3 aromatic carbocycles. The molecule has 0 unspecified atom stereocenters. The second-order valence-electron chi connectivity index (χ2n) is 10.0. The van der Waals surface area contributed by atoms with Crippen LogP contribution in [0.1, 0.15) is 23.1 Å². The summed E-state index contributed by atoms with van der Waals surface area (Å²) in [5, 5.41) is 17.6. The molecule has 0 saturated carbocycles. The van der Waals surface area contributed by atoms with Gasteiger partial charge in [0.25, 0.3) is 0 Å². The van der Waals surface area contributed by atoms with Gasteiger partial charge in [-0.1, -0.05) is 30.3 Å². The fourth-order valence-electron chi connectivity index (χ4n) is 4.67. The third-order valence-electron chi connectivity index (χ3n) is 6.87. The number of methoxy groups -OCH3 is 1. The molecular weight excluding hydrogens is 538 g/mol. The maximum Gasteiger partial charge on any atom is 0.323 e. The van der Waals surface area contributed by atoms with Crippen LogP contribution in [0.3, 0.4) is 0 Å². The van der Waals surface area contributed by atoms with E-state index in [0.29, 0.717) is 24.5 Å². The standard InChI is InChI=1S/C31H35N5O6/c1-21-5-3-4-6-26(21)34-31(41)33-24-9-7-22(8-10-24)17-28(37)32-25-11-12-27-23(18-25)19-36(14-13-30(39)40)29(38)20-35(27)15-16-42-2/h3-12,18H,13-17,19-20H2,1-2H3,(H,32,37)(H,39,40)(H2,33,34,41). The highest BCUT2D eigenvalue weighted by atomic mass is 16.5. The van der Waals surface area contributed by atoms with E-state index in [9.17, 15) is 19.2 Å². The van der Waals surface area contributed by atoms with E-state index in [2.05, 4.69) is 16.0 Å². The molecule has 220 valence electrons. The Morgan fingerprint density at radius 2 is 1.62 bits per heavy atom. The lowest BCUT2D eigenvalue weighted by Crippen LogP contribution is -2.39. The molecule has 0 fully saturated rings. The van der Waals surface area contributed by atoms with Crippen LogP contribution in [-0.2, 0) is 32.1 Å². The SMILES string of the molecule is COCCN1CC(=O)N(CCC(=O)O)Cc2cc(NC(=O)Cc3ccc(NC(=O)Nc4ccccc4C)cc3)ccc21. The quantitative estimate of drug-likeness (QED) is 0.271. The van der Waals surface area contributed by atoms with Crippen LogP contribution in [0.2, 0.25) is 0 Å². The van der Waals surface area contributed by atoms with Crippen LogP contribution in [0.25, 0.3) is 0 Å². The van der Waals surface area contributed by atoms with Crippen LogP contribution < -0.4 is 20.9 Å². The molecule has 0 bridgehead atoms. The minimum absolute atomic E-state index is 0.0979. The van der Waals surface area contributed by atoms with Gasteiger partial charge >= 0.3 is 12.0 Å². The third kappa shape index (κ3) is 8.31. The van der Waals surface area contributed by atoms with Gasteiger partial charge in [-0.3, -0.25) is 14.4 Å². The number of fused-ring (bicyclic) bond motifs is 1. The van der Waals surface area contributed by atoms with E-state index in [1.165, 1.54) is 4.90 Å². The minimum Gasteiger partial charge on any atom is -0.481 e. The maximum absolute atomic E-state index is 12.9. The van der Waals surface area contributed by atoms with Crippen molar-refractivity contribution in [1.82, 2.24) is 4.90 Å². The molecule has 4 N–H and O–H groups in total. The number of aliphatic carboxylic acids is 1. The molecule has 1 heterocycles. The molecule has 3 aromatic rings. The first-order valence-electron chi connectivity index (χ1n) is 13.6. The molecule has 4 rings (SSSR count). The summed E-state index contributed by atoms with van der Waals surface area (Å²) in [5.74, 6) is -1.37. The van der Waals surface area contributed by atoms with Gasteiger partial charge in [0.05, 0.1) is 26.0 Å². The van der Waals surface area contributed by atoms with Crippen LogP contribution in [0, 0.1) is 6.92 Å². The summed E-state index contributed by atoms with van der Waals surface area (Å²) in [6, 6.07) is 19.6. The number of rotatable bonds is 11. The Morgan fingerprint density at radius 1 is 0.881 bits per heavy atom. The van der Waals surface area contributed by atoms with Crippen LogP contribution in [0.4, 0.5) is 27.5 Å². The van der Waals surface area contributed by atoms with Crippen molar-refractivity contribution >= 4 is 46.6 Å². The van der Waals surface area contributed by atoms with Gasteiger partial charge in [0.2, 0.25) is 11.8 Å². The molecule has 0 aromatic heterocycles. The Balaban J connectivity index is 1.38. The number of anilines is 4. The van der Waals surface area contributed by atoms with Crippen molar-refractivity contribution in [2.75, 3.05) is 54.2 Å². The number of benzene rings is 3. The number of aryl methyl sites for hydroxylation is 1. The van der Waals surface area contributed by atoms with E-state index in [1.54, 1.807) is 37.4 Å². The third-order valence-corrected chi connectivity index (χ3v) is 6.87. The number of hydrogen-bond donors (Lipinski definition) is 4. The summed E-state index contributed by atoms with van der Waals surface area (Å²) in [6.45, 7) is 3.27. The van der Waals surface area contributed by atoms with E-state index in [4.69, 9.17) is 9.84 Å². The predicted octanol–water partition coefficient (Wildman–Crippen LogP) is 4.09. The largest absolute Gasteiger partial charge is 0.481 e. The van der Waals surface area contributed by atoms with E-state index in [-0.39, 0.29) is 50.3 Å². The molecule has 1 aliphatic rings. The second-order valence-corrected chi connectivity index (χ2v) is 10.0. The normalized spacial score (nSPS) is 12.8. The van der Waals surface area contributed by atoms with Gasteiger partial charge in [0, 0.05) is 49.5 Å². The molecule has 11 heteroatoms. The highest BCUT2D eigenvalue weighted by Gasteiger charge is 2.26. The predicted molar refractivity (Wildman–Crippen MR) is 161 cm³/mol. The van der Waals surface area contributed by atoms with Gasteiger partial charge in [-0.05, 0) is 60.0 Å². The van der Waals surface area contributed by atoms with Gasteiger partial charge < -0.3 is 35.6 Å². The summed E-state index contributed by atoms with van der Waals surface area (Å²) in [7, 11) is 1.59. The lowest BCUT2D eigenvalue weighted by molar-refractivity contribution is -0.138. The Morgan fingerprint density at radius 3 is 2.33 bits per heavy atom. The zero-order valence-corrected chi connectivity index (χ0v) is 23.7. The first-order chi connectivity index (χ1) is 20.2. The number of carbonyl (C=O) groups excluding carboxylic acids is 3. The fraction of sp³-hybridized carbons (Fsp3) is 0.290. The summed E-state index contributed by atoms with van der Waals surface area (Å²) in [5.41, 5.74) is 5.26. The number of para-hydroxylation sites is 1. The number of nitrogens with zero attached hydrogens (tertiary/aromatic N) is 2. The van der Waals surface area contributed by atoms with Gasteiger partial charge in [-0.25, -0.2) is 4.79 Å². The van der Waals surface area contributed by atoms with E-state index in [1.807, 2.05) is 48.2 Å². The molecule has 0 saturated heterocycles. The van der Waals surface area contributed by atoms with E-state index >= 15 is 0 Å². The monoisotopic (exact) mass is 573 g/mol. The topological polar surface area (TPSA) is 140 Å². The number of carbonyl (C=O) groups is 4. The number of hydrogen-bond acceptors (Lipinski definition) is 6. The minimum atomic E-state index is -0.973. The van der Waals surface area contributed by atoms with E-state index in [0.717, 1.165) is 28.1 Å². The first-order valence-corrected chi connectivity index (χ1v) is 13.6. The average molecular weight is 574 g/mol. The van der Waals surface area contributed by atoms with Crippen molar-refractivity contribution in [3.8, 4) is 0 Å². The zero-order chi connectivity index (χ0) is 30.1. The van der Waals surface area contributed by atoms with Crippen LogP contribution in [0.15, 0.2) is 66.7 Å². The smallest absolute Gasteiger partial charge is 0.323 e. The second kappa shape index (κ2) is 14.1. The Hall–Kier alpha value is -4.90. The molecule has 4 amide bonds. The summed E-state index contributed by atoms with van der Waals surface area (Å²) < 4.78 is 5.20. The van der Waals surface area contributed by atoms with Crippen molar-refractivity contribution in [2.24, 2.45) is 0 Å². The number of ether oxygens (including phenoxy) is 1. The number of nitrogens with one attached hydrogen (secondary N) is 3. The number of amides is 4. The van der Waals surface area contributed by atoms with Crippen molar-refractivity contribution in [3.63, 3.8) is 0 Å². The zero-order valence-electron chi connectivity index (χ0n) is 23.7. The van der Waals surface area contributed by atoms with Crippen molar-refractivity contribution in [3.05, 3.63) is 83.4 Å². The summed E-state index contributed by atoms with van der Waals surface area (Å²) in [6.07, 6.45) is -0.0305. The molecule has 0 atom stereocenters. The molecule has 11 nitrogen and oxygen atoms in total. The van der Waals surface area contributed by atoms with Crippen molar-refractivity contribution in [1.29, 1.82) is 0 Å². The molecular formula is C31H35N5O6. The molecule has 0 radical (unpaired) electrons. The summed E-state index contributed by atoms with van der Waals surface area (Å²) in [4.78, 5) is 52.7. The van der Waals surface area contributed by atoms with Gasteiger partial charge in [-0.2, -0.15) is 0 Å². The van der Waals surface area contributed by atoms with Crippen LogP contribution >= 0.6 is 0 Å². The number of urea groups is 1. The van der Waals surface area contributed by atoms with Gasteiger partial charge in [0.15, 0.2) is 0 Å². The van der Waals surface area contributed by atoms with Crippen molar-refractivity contribution in [2.45, 2.75) is 26.3 Å². The molecule has 0 spiro atoms. The fourth-order valence-corrected chi connectivity index (χ4v) is 4.67. The molecule has 1 aliphatic heterocycles. The van der Waals surface area contributed by atoms with Crippen molar-refractivity contribution < 1.29 is 29.0 Å². The average Bonchev–Trinajstić information content (AvgIpc) is 3.08. The van der Waals surface area contributed by atoms with E-state index < -0.39 is 5.97 Å². The van der Waals surface area contributed by atoms with Gasteiger partial charge in [-0.15, -0.1) is 0 Å². The highest BCUT2D eigenvalue weighted by molar-refractivity contribution is 6.00. The number of carboxylic acid groups (broad SMARTS) is 1. The highest BCUT2D eigenvalue weighted by Crippen LogP contribution is 2.29. The Bertz CT molecular complexity index is 1440. The Kier molecular flexibility index (Phi) is 10.1. The molecule has 42 heavy (non-hydrogen) atoms. The number of carboxylic acids is 1. The summed E-state index contributed by atoms with van der Waals surface area (Å²) >= 11 is 0. The Labute approximate surface area is 244 Å². The lowest BCUT2D eigenvalue weighted by Gasteiger charge is -2.24. The van der Waals surface area contributed by atoms with Gasteiger partial charge in [0.1, 0.15) is 0 Å². The van der Waals surface area contributed by atoms with Crippen LogP contribution in [0.5, 0.6) is 0 Å². The van der Waals surface area contributed by atoms with Crippen LogP contribution in [-0.4, -0.2) is 67.2 Å².